The molecule has 0 aliphatic carbocycles. The highest BCUT2D eigenvalue weighted by atomic mass is 19.1. The number of methoxy groups -OCH3 is 1. The van der Waals surface area contributed by atoms with Crippen LogP contribution in [0.4, 0.5) is 8.78 Å². The molecule has 2 aromatic rings. The second-order valence-corrected chi connectivity index (χ2v) is 6.74. The van der Waals surface area contributed by atoms with Crippen LogP contribution in [0.5, 0.6) is 11.5 Å². The van der Waals surface area contributed by atoms with Crippen molar-refractivity contribution in [3.63, 3.8) is 0 Å². The van der Waals surface area contributed by atoms with Gasteiger partial charge < -0.3 is 14.4 Å². The predicted octanol–water partition coefficient (Wildman–Crippen LogP) is 3.83. The second-order valence-electron chi connectivity index (χ2n) is 6.74. The lowest BCUT2D eigenvalue weighted by Gasteiger charge is -2.32. The minimum atomic E-state index is -0.805. The molecule has 1 saturated heterocycles. The standard InChI is InChI=1S/C21H23F2NO3/c1-26-18-5-2-15(3-6-18)12-16-8-10-24(11-9-16)21(25)14-27-20-7-4-17(22)13-19(20)23/h2-7,13,16H,8-12,14H2,1H3. The topological polar surface area (TPSA) is 38.8 Å². The van der Waals surface area contributed by atoms with Gasteiger partial charge in [-0.2, -0.15) is 0 Å². The van der Waals surface area contributed by atoms with E-state index >= 15 is 0 Å². The van der Waals surface area contributed by atoms with E-state index in [1.165, 1.54) is 11.6 Å². The average molecular weight is 375 g/mol. The van der Waals surface area contributed by atoms with E-state index < -0.39 is 11.6 Å². The lowest BCUT2D eigenvalue weighted by atomic mass is 9.90. The number of likely N-dealkylation sites (tertiary alicyclic amines) is 1. The van der Waals surface area contributed by atoms with Gasteiger partial charge in [-0.05, 0) is 55.0 Å². The molecule has 0 bridgehead atoms. The smallest absolute Gasteiger partial charge is 0.260 e. The number of amides is 1. The summed E-state index contributed by atoms with van der Waals surface area (Å²) in [5.41, 5.74) is 1.26. The summed E-state index contributed by atoms with van der Waals surface area (Å²) < 4.78 is 36.8. The van der Waals surface area contributed by atoms with Crippen LogP contribution in [0.2, 0.25) is 0 Å². The van der Waals surface area contributed by atoms with E-state index in [9.17, 15) is 13.6 Å². The fourth-order valence-electron chi connectivity index (χ4n) is 3.30. The Kier molecular flexibility index (Phi) is 6.27. The number of hydrogen-bond acceptors (Lipinski definition) is 3. The molecule has 0 saturated carbocycles. The summed E-state index contributed by atoms with van der Waals surface area (Å²) in [6, 6.07) is 11.1. The molecule has 4 nitrogen and oxygen atoms in total. The van der Waals surface area contributed by atoms with Crippen molar-refractivity contribution in [1.82, 2.24) is 4.90 Å². The van der Waals surface area contributed by atoms with Gasteiger partial charge in [-0.3, -0.25) is 4.79 Å². The molecule has 0 aromatic heterocycles. The normalized spacial score (nSPS) is 14.9. The molecule has 144 valence electrons. The first-order chi connectivity index (χ1) is 13.0. The Bertz CT molecular complexity index is 771. The van der Waals surface area contributed by atoms with Crippen molar-refractivity contribution in [2.24, 2.45) is 5.92 Å². The van der Waals surface area contributed by atoms with Gasteiger partial charge in [-0.1, -0.05) is 12.1 Å². The molecule has 1 amide bonds. The van der Waals surface area contributed by atoms with Crippen LogP contribution in [-0.4, -0.2) is 37.6 Å². The molecule has 1 fully saturated rings. The summed E-state index contributed by atoms with van der Waals surface area (Å²) in [6.45, 7) is 1.08. The van der Waals surface area contributed by atoms with Crippen molar-refractivity contribution in [3.05, 3.63) is 59.7 Å². The van der Waals surface area contributed by atoms with Gasteiger partial charge in [-0.25, -0.2) is 8.78 Å². The van der Waals surface area contributed by atoms with E-state index in [2.05, 4.69) is 12.1 Å². The maximum absolute atomic E-state index is 13.6. The average Bonchev–Trinajstić information content (AvgIpc) is 2.68. The van der Waals surface area contributed by atoms with Crippen LogP contribution in [0.25, 0.3) is 0 Å². The third-order valence-corrected chi connectivity index (χ3v) is 4.90. The number of ether oxygens (including phenoxy) is 2. The van der Waals surface area contributed by atoms with Gasteiger partial charge in [0.15, 0.2) is 18.2 Å². The van der Waals surface area contributed by atoms with Crippen LogP contribution in [0, 0.1) is 17.6 Å². The Morgan fingerprint density at radius 3 is 2.44 bits per heavy atom. The Morgan fingerprint density at radius 2 is 1.81 bits per heavy atom. The summed E-state index contributed by atoms with van der Waals surface area (Å²) in [5.74, 6) is -0.401. The van der Waals surface area contributed by atoms with Gasteiger partial charge in [0.05, 0.1) is 7.11 Å². The monoisotopic (exact) mass is 375 g/mol. The van der Waals surface area contributed by atoms with E-state index in [0.29, 0.717) is 19.0 Å². The molecule has 0 N–H and O–H groups in total. The van der Waals surface area contributed by atoms with Gasteiger partial charge in [0.25, 0.3) is 5.91 Å². The number of benzene rings is 2. The summed E-state index contributed by atoms with van der Waals surface area (Å²) >= 11 is 0. The fraction of sp³-hybridized carbons (Fsp3) is 0.381. The minimum Gasteiger partial charge on any atom is -0.497 e. The van der Waals surface area contributed by atoms with Crippen LogP contribution in [0.15, 0.2) is 42.5 Å². The Labute approximate surface area is 157 Å². The highest BCUT2D eigenvalue weighted by Gasteiger charge is 2.23. The molecule has 1 aliphatic rings. The number of carbonyl (C=O) groups is 1. The maximum atomic E-state index is 13.6. The molecule has 1 aliphatic heterocycles. The molecular formula is C21H23F2NO3. The van der Waals surface area contributed by atoms with Crippen LogP contribution >= 0.6 is 0 Å². The molecule has 2 aromatic carbocycles. The molecule has 0 spiro atoms. The molecule has 6 heteroatoms. The van der Waals surface area contributed by atoms with Crippen LogP contribution in [0.1, 0.15) is 18.4 Å². The molecule has 1 heterocycles. The lowest BCUT2D eigenvalue weighted by Crippen LogP contribution is -2.41. The van der Waals surface area contributed by atoms with Crippen LogP contribution in [-0.2, 0) is 11.2 Å². The van der Waals surface area contributed by atoms with Crippen molar-refractivity contribution in [1.29, 1.82) is 0 Å². The highest BCUT2D eigenvalue weighted by Crippen LogP contribution is 2.23. The lowest BCUT2D eigenvalue weighted by molar-refractivity contribution is -0.134. The second kappa shape index (κ2) is 8.84. The number of nitrogens with zero attached hydrogens (tertiary/aromatic N) is 1. The Balaban J connectivity index is 1.44. The van der Waals surface area contributed by atoms with Crippen molar-refractivity contribution in [3.8, 4) is 11.5 Å². The van der Waals surface area contributed by atoms with Gasteiger partial charge >= 0.3 is 0 Å². The maximum Gasteiger partial charge on any atom is 0.260 e. The van der Waals surface area contributed by atoms with E-state index in [4.69, 9.17) is 9.47 Å². The molecule has 3 rings (SSSR count). The SMILES string of the molecule is COc1ccc(CC2CCN(C(=O)COc3ccc(F)cc3F)CC2)cc1. The zero-order valence-electron chi connectivity index (χ0n) is 15.3. The summed E-state index contributed by atoms with van der Waals surface area (Å²) in [6.07, 6.45) is 2.81. The third kappa shape index (κ3) is 5.18. The van der Waals surface area contributed by atoms with Gasteiger partial charge in [0.2, 0.25) is 0 Å². The van der Waals surface area contributed by atoms with Gasteiger partial charge in [0, 0.05) is 19.2 Å². The zero-order valence-corrected chi connectivity index (χ0v) is 15.3. The Hall–Kier alpha value is -2.63. The molecular weight excluding hydrogens is 352 g/mol. The summed E-state index contributed by atoms with van der Waals surface area (Å²) in [7, 11) is 1.65. The quantitative estimate of drug-likeness (QED) is 0.770. The highest BCUT2D eigenvalue weighted by molar-refractivity contribution is 5.77. The van der Waals surface area contributed by atoms with E-state index in [-0.39, 0.29) is 18.3 Å². The molecule has 27 heavy (non-hydrogen) atoms. The largest absolute Gasteiger partial charge is 0.497 e. The summed E-state index contributed by atoms with van der Waals surface area (Å²) in [5, 5.41) is 0. The molecule has 0 radical (unpaired) electrons. The first kappa shape index (κ1) is 19.1. The third-order valence-electron chi connectivity index (χ3n) is 4.90. The number of carbonyl (C=O) groups excluding carboxylic acids is 1. The fourth-order valence-corrected chi connectivity index (χ4v) is 3.30. The van der Waals surface area contributed by atoms with Crippen molar-refractivity contribution < 1.29 is 23.0 Å². The predicted molar refractivity (Wildman–Crippen MR) is 97.9 cm³/mol. The summed E-state index contributed by atoms with van der Waals surface area (Å²) in [4.78, 5) is 14.0. The van der Waals surface area contributed by atoms with Gasteiger partial charge in [0.1, 0.15) is 11.6 Å². The number of halogens is 2. The minimum absolute atomic E-state index is 0.112. The van der Waals surface area contributed by atoms with E-state index in [1.807, 2.05) is 12.1 Å². The number of hydrogen-bond donors (Lipinski definition) is 0. The first-order valence-electron chi connectivity index (χ1n) is 9.03. The van der Waals surface area contributed by atoms with Crippen molar-refractivity contribution in [2.75, 3.05) is 26.8 Å². The molecule has 0 atom stereocenters. The van der Waals surface area contributed by atoms with Crippen LogP contribution in [0.3, 0.4) is 0 Å². The van der Waals surface area contributed by atoms with Gasteiger partial charge in [-0.15, -0.1) is 0 Å². The number of rotatable bonds is 6. The van der Waals surface area contributed by atoms with E-state index in [1.54, 1.807) is 12.0 Å². The first-order valence-corrected chi connectivity index (χ1v) is 9.03. The number of piperidine rings is 1. The van der Waals surface area contributed by atoms with Crippen molar-refractivity contribution >= 4 is 5.91 Å². The zero-order chi connectivity index (χ0) is 19.2. The van der Waals surface area contributed by atoms with E-state index in [0.717, 1.165) is 37.1 Å². The van der Waals surface area contributed by atoms with Crippen LogP contribution < -0.4 is 9.47 Å². The molecule has 0 unspecified atom stereocenters. The Morgan fingerprint density at radius 1 is 1.11 bits per heavy atom. The van der Waals surface area contributed by atoms with Crippen molar-refractivity contribution in [2.45, 2.75) is 19.3 Å².